The largest absolute Gasteiger partial charge is 0.241 e. The topological polar surface area (TPSA) is 90.2 Å². The predicted molar refractivity (Wildman–Crippen MR) is 136 cm³/mol. The molecule has 0 amide bonds. The van der Waals surface area contributed by atoms with E-state index in [1.165, 1.54) is 0 Å². The molecule has 3 aromatic heterocycles. The van der Waals surface area contributed by atoms with E-state index in [0.29, 0.717) is 23.0 Å². The smallest absolute Gasteiger partial charge is 0.200 e. The minimum Gasteiger partial charge on any atom is -0.241 e. The van der Waals surface area contributed by atoms with Gasteiger partial charge in [-0.25, -0.2) is 15.0 Å². The van der Waals surface area contributed by atoms with Gasteiger partial charge in [-0.1, -0.05) is 59.4 Å². The maximum Gasteiger partial charge on any atom is 0.200 e. The van der Waals surface area contributed by atoms with E-state index in [2.05, 4.69) is 48.1 Å². The van der Waals surface area contributed by atoms with Gasteiger partial charge in [-0.3, -0.25) is 0 Å². The highest BCUT2D eigenvalue weighted by atomic mass is 15.2. The van der Waals surface area contributed by atoms with Gasteiger partial charge in [-0.05, 0) is 63.5 Å². The average Bonchev–Trinajstić information content (AvgIpc) is 2.88. The second-order valence-corrected chi connectivity index (χ2v) is 8.88. The maximum atomic E-state index is 4.88. The number of pyridine rings is 1. The maximum absolute atomic E-state index is 4.88. The molecule has 0 unspecified atom stereocenters. The molecular weight excluding hydrogens is 422 g/mol. The van der Waals surface area contributed by atoms with Crippen molar-refractivity contribution in [2.75, 3.05) is 0 Å². The van der Waals surface area contributed by atoms with E-state index in [1.807, 2.05) is 18.2 Å². The Bertz CT molecular complexity index is 956. The standard InChI is InChI=1S/C27H39N7/c1-5-9-14-20-22(16-11-7-3)31-33-26(29-20)24-18-13-19-25(28-24)27-30-21(15-10-6-2)23(32-34-27)17-12-8-4/h13,18-19H,5-12,14-17H2,1-4H3. The van der Waals surface area contributed by atoms with Crippen molar-refractivity contribution in [1.82, 2.24) is 35.3 Å². The zero-order valence-corrected chi connectivity index (χ0v) is 21.3. The number of aryl methyl sites for hydroxylation is 4. The molecule has 7 nitrogen and oxygen atoms in total. The van der Waals surface area contributed by atoms with E-state index < -0.39 is 0 Å². The first-order chi connectivity index (χ1) is 16.7. The Morgan fingerprint density at radius 1 is 0.471 bits per heavy atom. The van der Waals surface area contributed by atoms with Gasteiger partial charge in [0.1, 0.15) is 11.4 Å². The molecule has 0 aromatic carbocycles. The Morgan fingerprint density at radius 2 is 0.853 bits per heavy atom. The molecule has 0 spiro atoms. The molecule has 0 aliphatic carbocycles. The normalized spacial score (nSPS) is 11.2. The van der Waals surface area contributed by atoms with E-state index in [9.17, 15) is 0 Å². The fraction of sp³-hybridized carbons (Fsp3) is 0.593. The lowest BCUT2D eigenvalue weighted by Gasteiger charge is -2.10. The Hall–Kier alpha value is -2.83. The third kappa shape index (κ3) is 7.08. The van der Waals surface area contributed by atoms with Gasteiger partial charge in [0.2, 0.25) is 11.6 Å². The molecule has 0 aliphatic rings. The van der Waals surface area contributed by atoms with Crippen LogP contribution in [0.1, 0.15) is 102 Å². The van der Waals surface area contributed by atoms with E-state index in [0.717, 1.165) is 99.8 Å². The fourth-order valence-electron chi connectivity index (χ4n) is 3.83. The number of hydrogen-bond donors (Lipinski definition) is 0. The lowest BCUT2D eigenvalue weighted by atomic mass is 10.1. The van der Waals surface area contributed by atoms with Gasteiger partial charge in [0.25, 0.3) is 0 Å². The SMILES string of the molecule is CCCCc1nnc(-c2cccc(-c3nnc(CCCC)c(CCCC)n3)n2)nc1CCCC. The van der Waals surface area contributed by atoms with Crippen molar-refractivity contribution in [3.63, 3.8) is 0 Å². The van der Waals surface area contributed by atoms with Gasteiger partial charge >= 0.3 is 0 Å². The monoisotopic (exact) mass is 461 g/mol. The van der Waals surface area contributed by atoms with Crippen LogP contribution in [0.2, 0.25) is 0 Å². The molecule has 0 saturated carbocycles. The van der Waals surface area contributed by atoms with Crippen molar-refractivity contribution in [1.29, 1.82) is 0 Å². The molecule has 7 heteroatoms. The summed E-state index contributed by atoms with van der Waals surface area (Å²) < 4.78 is 0. The summed E-state index contributed by atoms with van der Waals surface area (Å²) in [5.41, 5.74) is 5.52. The molecule has 3 rings (SSSR count). The van der Waals surface area contributed by atoms with E-state index >= 15 is 0 Å². The third-order valence-corrected chi connectivity index (χ3v) is 5.95. The number of hydrogen-bond acceptors (Lipinski definition) is 7. The van der Waals surface area contributed by atoms with Crippen molar-refractivity contribution in [2.24, 2.45) is 0 Å². The van der Waals surface area contributed by atoms with E-state index in [4.69, 9.17) is 15.0 Å². The van der Waals surface area contributed by atoms with Crippen LogP contribution in [0.4, 0.5) is 0 Å². The third-order valence-electron chi connectivity index (χ3n) is 5.95. The van der Waals surface area contributed by atoms with E-state index in [1.54, 1.807) is 0 Å². The van der Waals surface area contributed by atoms with Crippen LogP contribution in [0.5, 0.6) is 0 Å². The number of unbranched alkanes of at least 4 members (excludes halogenated alkanes) is 4. The summed E-state index contributed by atoms with van der Waals surface area (Å²) in [4.78, 5) is 14.6. The first-order valence-corrected chi connectivity index (χ1v) is 13.1. The molecule has 0 aliphatic heterocycles. The summed E-state index contributed by atoms with van der Waals surface area (Å²) in [5, 5.41) is 17.9. The summed E-state index contributed by atoms with van der Waals surface area (Å²) in [6, 6.07) is 5.81. The molecule has 0 N–H and O–H groups in total. The van der Waals surface area contributed by atoms with Gasteiger partial charge in [0.15, 0.2) is 0 Å². The van der Waals surface area contributed by atoms with Crippen molar-refractivity contribution < 1.29 is 0 Å². The van der Waals surface area contributed by atoms with Crippen LogP contribution in [0, 0.1) is 0 Å². The number of rotatable bonds is 14. The Labute approximate surface area is 204 Å². The molecule has 0 radical (unpaired) electrons. The minimum atomic E-state index is 0.562. The van der Waals surface area contributed by atoms with Crippen LogP contribution in [-0.2, 0) is 25.7 Å². The second-order valence-electron chi connectivity index (χ2n) is 8.88. The zero-order valence-electron chi connectivity index (χ0n) is 21.3. The van der Waals surface area contributed by atoms with Crippen LogP contribution in [-0.4, -0.2) is 35.3 Å². The fourth-order valence-corrected chi connectivity index (χ4v) is 3.83. The molecule has 34 heavy (non-hydrogen) atoms. The Balaban J connectivity index is 1.92. The highest BCUT2D eigenvalue weighted by Crippen LogP contribution is 2.21. The molecule has 0 saturated heterocycles. The van der Waals surface area contributed by atoms with Crippen LogP contribution >= 0.6 is 0 Å². The molecule has 3 aromatic rings. The average molecular weight is 462 g/mol. The van der Waals surface area contributed by atoms with Crippen LogP contribution in [0.15, 0.2) is 18.2 Å². The predicted octanol–water partition coefficient (Wildman–Crippen LogP) is 6.16. The molecule has 0 bridgehead atoms. The Morgan fingerprint density at radius 3 is 1.24 bits per heavy atom. The summed E-state index contributed by atoms with van der Waals surface area (Å²) in [5.74, 6) is 1.12. The first kappa shape index (κ1) is 25.8. The summed E-state index contributed by atoms with van der Waals surface area (Å²) in [7, 11) is 0. The molecule has 3 heterocycles. The molecular formula is C27H39N7. The summed E-state index contributed by atoms with van der Waals surface area (Å²) >= 11 is 0. The van der Waals surface area contributed by atoms with Crippen LogP contribution < -0.4 is 0 Å². The van der Waals surface area contributed by atoms with Gasteiger partial charge in [0, 0.05) is 0 Å². The zero-order chi connectivity index (χ0) is 24.2. The molecule has 0 fully saturated rings. The highest BCUT2D eigenvalue weighted by Gasteiger charge is 2.15. The quantitative estimate of drug-likeness (QED) is 0.284. The van der Waals surface area contributed by atoms with Crippen molar-refractivity contribution in [3.8, 4) is 23.0 Å². The lowest BCUT2D eigenvalue weighted by molar-refractivity contribution is 0.701. The number of aromatic nitrogens is 7. The van der Waals surface area contributed by atoms with Crippen LogP contribution in [0.3, 0.4) is 0 Å². The van der Waals surface area contributed by atoms with Crippen molar-refractivity contribution in [2.45, 2.75) is 105 Å². The van der Waals surface area contributed by atoms with Gasteiger partial charge < -0.3 is 0 Å². The van der Waals surface area contributed by atoms with Gasteiger partial charge in [-0.15, -0.1) is 10.2 Å². The van der Waals surface area contributed by atoms with Gasteiger partial charge in [0.05, 0.1) is 22.8 Å². The second kappa shape index (κ2) is 13.8. The highest BCUT2D eigenvalue weighted by molar-refractivity contribution is 5.57. The van der Waals surface area contributed by atoms with Gasteiger partial charge in [-0.2, -0.15) is 10.2 Å². The molecule has 182 valence electrons. The first-order valence-electron chi connectivity index (χ1n) is 13.1. The summed E-state index contributed by atoms with van der Waals surface area (Å²) in [6.07, 6.45) is 12.6. The lowest BCUT2D eigenvalue weighted by Crippen LogP contribution is -2.08. The number of nitrogens with zero attached hydrogens (tertiary/aromatic N) is 7. The summed E-state index contributed by atoms with van der Waals surface area (Å²) in [6.45, 7) is 8.78. The van der Waals surface area contributed by atoms with Crippen molar-refractivity contribution in [3.05, 3.63) is 41.0 Å². The minimum absolute atomic E-state index is 0.562. The molecule has 0 atom stereocenters. The van der Waals surface area contributed by atoms with Crippen LogP contribution in [0.25, 0.3) is 23.0 Å². The van der Waals surface area contributed by atoms with Crippen molar-refractivity contribution >= 4 is 0 Å². The Kier molecular flexibility index (Phi) is 10.4. The van der Waals surface area contributed by atoms with E-state index in [-0.39, 0.29) is 0 Å².